The van der Waals surface area contributed by atoms with Gasteiger partial charge in [-0.1, -0.05) is 48.0 Å². The Labute approximate surface area is 132 Å². The van der Waals surface area contributed by atoms with E-state index in [2.05, 4.69) is 30.9 Å². The fourth-order valence-corrected chi connectivity index (χ4v) is 2.64. The van der Waals surface area contributed by atoms with E-state index in [1.54, 1.807) is 6.92 Å². The Kier molecular flexibility index (Phi) is 5.27. The predicted molar refractivity (Wildman–Crippen MR) is 89.8 cm³/mol. The second-order valence-electron chi connectivity index (χ2n) is 5.59. The standard InChI is InChI=1S/C18H22ClNO/c1-13(2)20(12-15-7-5-4-6-8-15)18-10-9-16(14(3)21)11-17(18)19/h4-11,13-14,21H,12H2,1-3H3/t14-/m1/s1. The van der Waals surface area contributed by atoms with Crippen LogP contribution in [0.4, 0.5) is 5.69 Å². The van der Waals surface area contributed by atoms with Crippen LogP contribution in [0.3, 0.4) is 0 Å². The minimum absolute atomic E-state index is 0.333. The van der Waals surface area contributed by atoms with Gasteiger partial charge < -0.3 is 10.0 Å². The van der Waals surface area contributed by atoms with E-state index in [-0.39, 0.29) is 0 Å². The van der Waals surface area contributed by atoms with Gasteiger partial charge in [-0.15, -0.1) is 0 Å². The van der Waals surface area contributed by atoms with E-state index in [0.29, 0.717) is 11.1 Å². The van der Waals surface area contributed by atoms with Crippen LogP contribution in [0.25, 0.3) is 0 Å². The van der Waals surface area contributed by atoms with E-state index in [0.717, 1.165) is 17.8 Å². The fourth-order valence-electron chi connectivity index (χ4n) is 2.34. The molecule has 0 aliphatic rings. The van der Waals surface area contributed by atoms with E-state index >= 15 is 0 Å². The number of nitrogens with zero attached hydrogens (tertiary/aromatic N) is 1. The molecule has 112 valence electrons. The van der Waals surface area contributed by atoms with Crippen molar-refractivity contribution in [3.8, 4) is 0 Å². The van der Waals surface area contributed by atoms with Gasteiger partial charge in [0, 0.05) is 12.6 Å². The normalized spacial score (nSPS) is 12.5. The highest BCUT2D eigenvalue weighted by molar-refractivity contribution is 6.33. The molecule has 0 fully saturated rings. The minimum Gasteiger partial charge on any atom is -0.389 e. The van der Waals surface area contributed by atoms with Crippen LogP contribution in [-0.4, -0.2) is 11.1 Å². The van der Waals surface area contributed by atoms with Crippen molar-refractivity contribution in [1.29, 1.82) is 0 Å². The number of hydrogen-bond acceptors (Lipinski definition) is 2. The number of halogens is 1. The van der Waals surface area contributed by atoms with E-state index < -0.39 is 6.10 Å². The maximum Gasteiger partial charge on any atom is 0.0762 e. The van der Waals surface area contributed by atoms with Crippen molar-refractivity contribution >= 4 is 17.3 Å². The molecule has 0 heterocycles. The third-order valence-corrected chi connectivity index (χ3v) is 3.89. The Bertz CT molecular complexity index is 581. The Balaban J connectivity index is 2.30. The molecule has 0 spiro atoms. The summed E-state index contributed by atoms with van der Waals surface area (Å²) in [7, 11) is 0. The number of aliphatic hydroxyl groups is 1. The molecule has 0 radical (unpaired) electrons. The van der Waals surface area contributed by atoms with Gasteiger partial charge in [0.15, 0.2) is 0 Å². The van der Waals surface area contributed by atoms with Crippen LogP contribution in [0.2, 0.25) is 5.02 Å². The Morgan fingerprint density at radius 1 is 1.05 bits per heavy atom. The number of rotatable bonds is 5. The molecular formula is C18H22ClNO. The van der Waals surface area contributed by atoms with Crippen LogP contribution in [0.5, 0.6) is 0 Å². The van der Waals surface area contributed by atoms with E-state index in [4.69, 9.17) is 11.6 Å². The molecule has 0 aliphatic carbocycles. The third kappa shape index (κ3) is 3.99. The minimum atomic E-state index is -0.502. The zero-order chi connectivity index (χ0) is 15.4. The fraction of sp³-hybridized carbons (Fsp3) is 0.333. The number of benzene rings is 2. The van der Waals surface area contributed by atoms with Crippen LogP contribution in [0.1, 0.15) is 38.0 Å². The zero-order valence-corrected chi connectivity index (χ0v) is 13.5. The van der Waals surface area contributed by atoms with Gasteiger partial charge >= 0.3 is 0 Å². The monoisotopic (exact) mass is 303 g/mol. The van der Waals surface area contributed by atoms with E-state index in [9.17, 15) is 5.11 Å². The molecule has 3 heteroatoms. The summed E-state index contributed by atoms with van der Waals surface area (Å²) in [5.41, 5.74) is 3.09. The van der Waals surface area contributed by atoms with E-state index in [1.165, 1.54) is 5.56 Å². The first-order valence-electron chi connectivity index (χ1n) is 7.27. The van der Waals surface area contributed by atoms with Gasteiger partial charge in [-0.25, -0.2) is 0 Å². The molecule has 0 amide bonds. The maximum atomic E-state index is 9.65. The molecule has 1 N–H and O–H groups in total. The summed E-state index contributed by atoms with van der Waals surface area (Å²) in [6.07, 6.45) is -0.502. The summed E-state index contributed by atoms with van der Waals surface area (Å²) in [5.74, 6) is 0. The summed E-state index contributed by atoms with van der Waals surface area (Å²) in [5, 5.41) is 10.3. The summed E-state index contributed by atoms with van der Waals surface area (Å²) >= 11 is 6.43. The largest absolute Gasteiger partial charge is 0.389 e. The Morgan fingerprint density at radius 3 is 2.24 bits per heavy atom. The zero-order valence-electron chi connectivity index (χ0n) is 12.8. The summed E-state index contributed by atoms with van der Waals surface area (Å²) in [6, 6.07) is 16.5. The van der Waals surface area contributed by atoms with Gasteiger partial charge in [0.05, 0.1) is 16.8 Å². The van der Waals surface area contributed by atoms with Crippen molar-refractivity contribution < 1.29 is 5.11 Å². The average molecular weight is 304 g/mol. The first-order chi connectivity index (χ1) is 9.99. The molecule has 2 aromatic rings. The summed E-state index contributed by atoms with van der Waals surface area (Å²) in [6.45, 7) is 6.87. The van der Waals surface area contributed by atoms with Gasteiger partial charge in [-0.3, -0.25) is 0 Å². The highest BCUT2D eigenvalue weighted by Crippen LogP contribution is 2.31. The SMILES string of the molecule is CC(C)N(Cc1ccccc1)c1ccc([C@@H](C)O)cc1Cl. The van der Waals surface area contributed by atoms with Gasteiger partial charge in [-0.2, -0.15) is 0 Å². The lowest BCUT2D eigenvalue weighted by Gasteiger charge is -2.30. The van der Waals surface area contributed by atoms with Crippen LogP contribution < -0.4 is 4.90 Å². The van der Waals surface area contributed by atoms with E-state index in [1.807, 2.05) is 36.4 Å². The predicted octanol–water partition coefficient (Wildman–Crippen LogP) is 4.81. The lowest BCUT2D eigenvalue weighted by Crippen LogP contribution is -2.30. The van der Waals surface area contributed by atoms with Gasteiger partial charge in [0.1, 0.15) is 0 Å². The average Bonchev–Trinajstić information content (AvgIpc) is 2.46. The Morgan fingerprint density at radius 2 is 1.71 bits per heavy atom. The highest BCUT2D eigenvalue weighted by Gasteiger charge is 2.15. The molecule has 1 atom stereocenters. The number of anilines is 1. The molecule has 0 aromatic heterocycles. The van der Waals surface area contributed by atoms with Crippen molar-refractivity contribution in [2.75, 3.05) is 4.90 Å². The van der Waals surface area contributed by atoms with Crippen molar-refractivity contribution in [1.82, 2.24) is 0 Å². The number of aliphatic hydroxyl groups excluding tert-OH is 1. The van der Waals surface area contributed by atoms with Crippen LogP contribution in [0.15, 0.2) is 48.5 Å². The quantitative estimate of drug-likeness (QED) is 0.857. The smallest absolute Gasteiger partial charge is 0.0762 e. The van der Waals surface area contributed by atoms with Crippen LogP contribution in [0, 0.1) is 0 Å². The lowest BCUT2D eigenvalue weighted by atomic mass is 10.1. The molecule has 0 unspecified atom stereocenters. The van der Waals surface area contributed by atoms with Gasteiger partial charge in [-0.05, 0) is 44.0 Å². The molecule has 0 saturated heterocycles. The molecule has 2 nitrogen and oxygen atoms in total. The second kappa shape index (κ2) is 6.97. The first-order valence-corrected chi connectivity index (χ1v) is 7.65. The van der Waals surface area contributed by atoms with Crippen LogP contribution >= 0.6 is 11.6 Å². The topological polar surface area (TPSA) is 23.5 Å². The van der Waals surface area contributed by atoms with Crippen molar-refractivity contribution in [2.24, 2.45) is 0 Å². The molecular weight excluding hydrogens is 282 g/mol. The second-order valence-corrected chi connectivity index (χ2v) is 6.00. The lowest BCUT2D eigenvalue weighted by molar-refractivity contribution is 0.199. The molecule has 2 rings (SSSR count). The third-order valence-electron chi connectivity index (χ3n) is 3.58. The van der Waals surface area contributed by atoms with Crippen LogP contribution in [-0.2, 0) is 6.54 Å². The Hall–Kier alpha value is -1.51. The van der Waals surface area contributed by atoms with Crippen molar-refractivity contribution in [3.05, 3.63) is 64.7 Å². The molecule has 0 aliphatic heterocycles. The van der Waals surface area contributed by atoms with Gasteiger partial charge in [0.25, 0.3) is 0 Å². The van der Waals surface area contributed by atoms with Gasteiger partial charge in [0.2, 0.25) is 0 Å². The number of hydrogen-bond donors (Lipinski definition) is 1. The molecule has 2 aromatic carbocycles. The van der Waals surface area contributed by atoms with Crippen molar-refractivity contribution in [2.45, 2.75) is 39.5 Å². The summed E-state index contributed by atoms with van der Waals surface area (Å²) < 4.78 is 0. The van der Waals surface area contributed by atoms with Crippen molar-refractivity contribution in [3.63, 3.8) is 0 Å². The molecule has 0 saturated carbocycles. The first kappa shape index (κ1) is 15.9. The summed E-state index contributed by atoms with van der Waals surface area (Å²) in [4.78, 5) is 2.27. The molecule has 21 heavy (non-hydrogen) atoms. The molecule has 0 bridgehead atoms. The maximum absolute atomic E-state index is 9.65. The highest BCUT2D eigenvalue weighted by atomic mass is 35.5.